The van der Waals surface area contributed by atoms with Gasteiger partial charge in [0.25, 0.3) is 5.91 Å². The summed E-state index contributed by atoms with van der Waals surface area (Å²) in [5.74, 6) is 0.864. The number of hydrogen-bond acceptors (Lipinski definition) is 4. The summed E-state index contributed by atoms with van der Waals surface area (Å²) in [6.45, 7) is 1.23. The van der Waals surface area contributed by atoms with Gasteiger partial charge in [0.1, 0.15) is 5.75 Å². The van der Waals surface area contributed by atoms with Gasteiger partial charge in [0.2, 0.25) is 0 Å². The first-order valence-electron chi connectivity index (χ1n) is 7.90. The Labute approximate surface area is 154 Å². The Balaban J connectivity index is 1.62. The van der Waals surface area contributed by atoms with Crippen LogP contribution in [0.15, 0.2) is 36.5 Å². The second kappa shape index (κ2) is 6.54. The first-order valence-corrected chi connectivity index (χ1v) is 9.10. The molecular weight excluding hydrogens is 358 g/mol. The molecule has 7 heteroatoms. The fraction of sp³-hybridized carbons (Fsp3) is 0.222. The zero-order chi connectivity index (χ0) is 17.4. The molecular formula is C18H16ClN3O2S. The predicted molar refractivity (Wildman–Crippen MR) is 98.3 cm³/mol. The van der Waals surface area contributed by atoms with Gasteiger partial charge in [-0.05, 0) is 30.2 Å². The number of thiophene rings is 1. The van der Waals surface area contributed by atoms with Gasteiger partial charge in [-0.2, -0.15) is 5.10 Å². The summed E-state index contributed by atoms with van der Waals surface area (Å²) in [6, 6.07) is 9.69. The number of carbonyl (C=O) groups is 1. The van der Waals surface area contributed by atoms with E-state index < -0.39 is 0 Å². The summed E-state index contributed by atoms with van der Waals surface area (Å²) in [4.78, 5) is 15.8. The van der Waals surface area contributed by atoms with Crippen LogP contribution < -0.4 is 4.74 Å². The first kappa shape index (κ1) is 16.2. The van der Waals surface area contributed by atoms with Crippen LogP contribution in [0.1, 0.15) is 21.5 Å². The number of carbonyl (C=O) groups excluding carboxylic acids is 1. The number of rotatable bonds is 3. The van der Waals surface area contributed by atoms with Crippen molar-refractivity contribution in [1.29, 1.82) is 0 Å². The molecule has 1 N–H and O–H groups in total. The maximum Gasteiger partial charge on any atom is 0.258 e. The quantitative estimate of drug-likeness (QED) is 0.755. The molecule has 1 aliphatic heterocycles. The highest BCUT2D eigenvalue weighted by Crippen LogP contribution is 2.33. The number of H-pyrrole nitrogens is 1. The lowest BCUT2D eigenvalue weighted by Crippen LogP contribution is -2.36. The topological polar surface area (TPSA) is 58.2 Å². The Morgan fingerprint density at radius 1 is 1.36 bits per heavy atom. The smallest absolute Gasteiger partial charge is 0.258 e. The fourth-order valence-corrected chi connectivity index (χ4v) is 4.25. The molecule has 4 rings (SSSR count). The predicted octanol–water partition coefficient (Wildman–Crippen LogP) is 4.00. The van der Waals surface area contributed by atoms with Gasteiger partial charge < -0.3 is 9.64 Å². The number of aromatic nitrogens is 2. The number of nitrogens with zero attached hydrogens (tertiary/aromatic N) is 2. The van der Waals surface area contributed by atoms with Crippen molar-refractivity contribution in [1.82, 2.24) is 15.1 Å². The van der Waals surface area contributed by atoms with Gasteiger partial charge in [0.15, 0.2) is 0 Å². The first-order chi connectivity index (χ1) is 12.2. The number of amides is 1. The molecule has 3 aromatic rings. The molecule has 0 aliphatic carbocycles. The lowest BCUT2D eigenvalue weighted by molar-refractivity contribution is 0.0734. The monoisotopic (exact) mass is 373 g/mol. The number of benzene rings is 1. The van der Waals surface area contributed by atoms with E-state index in [0.717, 1.165) is 28.3 Å². The molecule has 0 saturated heterocycles. The molecule has 0 saturated carbocycles. The number of ether oxygens (including phenoxy) is 1. The summed E-state index contributed by atoms with van der Waals surface area (Å²) in [5, 5.41) is 6.99. The number of hydrogen-bond donors (Lipinski definition) is 1. The molecule has 128 valence electrons. The number of aromatic amines is 1. The van der Waals surface area contributed by atoms with E-state index in [4.69, 9.17) is 16.3 Å². The standard InChI is InChI=1S/C18H16ClN3O2S/c1-24-14-4-2-3-11-10-22(8-7-12(11)14)18(23)13-9-20-21-17(13)15-5-6-16(19)25-15/h2-6,9H,7-8,10H2,1H3,(H,20,21). The highest BCUT2D eigenvalue weighted by molar-refractivity contribution is 7.19. The Morgan fingerprint density at radius 3 is 3.00 bits per heavy atom. The average Bonchev–Trinajstić information content (AvgIpc) is 3.28. The van der Waals surface area contributed by atoms with Crippen LogP contribution in [0.25, 0.3) is 10.6 Å². The van der Waals surface area contributed by atoms with Gasteiger partial charge in [-0.25, -0.2) is 0 Å². The molecule has 0 radical (unpaired) electrons. The van der Waals surface area contributed by atoms with E-state index in [1.807, 2.05) is 35.2 Å². The van der Waals surface area contributed by atoms with Gasteiger partial charge in [0.05, 0.1) is 33.8 Å². The van der Waals surface area contributed by atoms with Crippen LogP contribution in [0.2, 0.25) is 4.34 Å². The Hall–Kier alpha value is -2.31. The molecule has 0 bridgehead atoms. The van der Waals surface area contributed by atoms with E-state index in [9.17, 15) is 4.79 Å². The minimum Gasteiger partial charge on any atom is -0.496 e. The third-order valence-electron chi connectivity index (χ3n) is 4.42. The van der Waals surface area contributed by atoms with Gasteiger partial charge in [-0.1, -0.05) is 23.7 Å². The van der Waals surface area contributed by atoms with Gasteiger partial charge in [0, 0.05) is 18.7 Å². The summed E-state index contributed by atoms with van der Waals surface area (Å²) in [6.07, 6.45) is 2.37. The molecule has 1 aliphatic rings. The van der Waals surface area contributed by atoms with E-state index in [1.165, 1.54) is 16.9 Å². The number of fused-ring (bicyclic) bond motifs is 1. The highest BCUT2D eigenvalue weighted by atomic mass is 35.5. The Bertz CT molecular complexity index is 934. The lowest BCUT2D eigenvalue weighted by Gasteiger charge is -2.29. The third-order valence-corrected chi connectivity index (χ3v) is 5.67. The van der Waals surface area contributed by atoms with Crippen LogP contribution >= 0.6 is 22.9 Å². The summed E-state index contributed by atoms with van der Waals surface area (Å²) >= 11 is 7.44. The van der Waals surface area contributed by atoms with Crippen molar-refractivity contribution in [3.8, 4) is 16.3 Å². The molecule has 1 amide bonds. The van der Waals surface area contributed by atoms with Crippen molar-refractivity contribution < 1.29 is 9.53 Å². The van der Waals surface area contributed by atoms with Crippen LogP contribution in [-0.4, -0.2) is 34.7 Å². The normalized spacial score (nSPS) is 13.6. The molecule has 25 heavy (non-hydrogen) atoms. The Morgan fingerprint density at radius 2 is 2.24 bits per heavy atom. The number of halogens is 1. The molecule has 3 heterocycles. The summed E-state index contributed by atoms with van der Waals surface area (Å²) in [5.41, 5.74) is 3.61. The summed E-state index contributed by atoms with van der Waals surface area (Å²) in [7, 11) is 1.68. The zero-order valence-corrected chi connectivity index (χ0v) is 15.2. The minimum atomic E-state index is -0.0262. The molecule has 0 fully saturated rings. The maximum absolute atomic E-state index is 13.0. The molecule has 1 aromatic carbocycles. The van der Waals surface area contributed by atoms with Crippen molar-refractivity contribution >= 4 is 28.8 Å². The largest absolute Gasteiger partial charge is 0.496 e. The minimum absolute atomic E-state index is 0.0262. The maximum atomic E-state index is 13.0. The van der Waals surface area contributed by atoms with Gasteiger partial charge >= 0.3 is 0 Å². The van der Waals surface area contributed by atoms with E-state index in [2.05, 4.69) is 10.2 Å². The van der Waals surface area contributed by atoms with Gasteiger partial charge in [-0.3, -0.25) is 9.89 Å². The highest BCUT2D eigenvalue weighted by Gasteiger charge is 2.26. The molecule has 2 aromatic heterocycles. The SMILES string of the molecule is COc1cccc2c1CCN(C(=O)c1cn[nH]c1-c1ccc(Cl)s1)C2. The zero-order valence-electron chi connectivity index (χ0n) is 13.6. The number of nitrogens with one attached hydrogen (secondary N) is 1. The van der Waals surface area contributed by atoms with E-state index >= 15 is 0 Å². The van der Waals surface area contributed by atoms with Crippen LogP contribution in [0.5, 0.6) is 5.75 Å². The van der Waals surface area contributed by atoms with Gasteiger partial charge in [-0.15, -0.1) is 11.3 Å². The second-order valence-electron chi connectivity index (χ2n) is 5.84. The lowest BCUT2D eigenvalue weighted by atomic mass is 9.98. The van der Waals surface area contributed by atoms with Crippen LogP contribution in [0.4, 0.5) is 0 Å². The fourth-order valence-electron chi connectivity index (χ4n) is 3.19. The average molecular weight is 374 g/mol. The molecule has 5 nitrogen and oxygen atoms in total. The van der Waals surface area contributed by atoms with Crippen LogP contribution in [-0.2, 0) is 13.0 Å². The van der Waals surface area contributed by atoms with E-state index in [1.54, 1.807) is 13.3 Å². The van der Waals surface area contributed by atoms with Crippen molar-refractivity contribution in [2.24, 2.45) is 0 Å². The molecule has 0 unspecified atom stereocenters. The van der Waals surface area contributed by atoms with Crippen molar-refractivity contribution in [2.45, 2.75) is 13.0 Å². The molecule has 0 spiro atoms. The molecule has 0 atom stereocenters. The Kier molecular flexibility index (Phi) is 4.23. The van der Waals surface area contributed by atoms with Crippen molar-refractivity contribution in [3.05, 3.63) is 57.6 Å². The summed E-state index contributed by atoms with van der Waals surface area (Å²) < 4.78 is 6.11. The van der Waals surface area contributed by atoms with Crippen molar-refractivity contribution in [2.75, 3.05) is 13.7 Å². The van der Waals surface area contributed by atoms with Crippen molar-refractivity contribution in [3.63, 3.8) is 0 Å². The third kappa shape index (κ3) is 2.92. The van der Waals surface area contributed by atoms with Crippen LogP contribution in [0.3, 0.4) is 0 Å². The van der Waals surface area contributed by atoms with E-state index in [-0.39, 0.29) is 5.91 Å². The van der Waals surface area contributed by atoms with Crippen LogP contribution in [0, 0.1) is 0 Å². The number of methoxy groups -OCH3 is 1. The van der Waals surface area contributed by atoms with E-state index in [0.29, 0.717) is 23.0 Å². The second-order valence-corrected chi connectivity index (χ2v) is 7.55.